The van der Waals surface area contributed by atoms with Gasteiger partial charge in [0.2, 0.25) is 5.82 Å². The monoisotopic (exact) mass is 260 g/mol. The number of nitrogens with zero attached hydrogens (tertiary/aromatic N) is 1. The van der Waals surface area contributed by atoms with Gasteiger partial charge in [0, 0.05) is 17.1 Å². The minimum absolute atomic E-state index is 0.106. The molecule has 1 aromatic carbocycles. The molecule has 0 spiro atoms. The zero-order valence-electron chi connectivity index (χ0n) is 9.86. The Morgan fingerprint density at radius 2 is 2.00 bits per heavy atom. The Labute approximate surface area is 107 Å². The second kappa shape index (κ2) is 4.44. The maximum atomic E-state index is 14.0. The lowest BCUT2D eigenvalue weighted by molar-refractivity contribution is 0.480. The number of hydrogen-bond acceptors (Lipinski definition) is 3. The van der Waals surface area contributed by atoms with Crippen molar-refractivity contribution in [1.29, 1.82) is 0 Å². The minimum Gasteiger partial charge on any atom is -0.457 e. The maximum Gasteiger partial charge on any atom is 0.202 e. The number of hydrogen-bond donors (Lipinski definition) is 1. The third-order valence-electron chi connectivity index (χ3n) is 2.88. The topological polar surface area (TPSA) is 52.0 Å². The molecule has 0 saturated carbocycles. The van der Waals surface area contributed by atoms with Crippen LogP contribution in [0.2, 0.25) is 0 Å². The van der Waals surface area contributed by atoms with Crippen LogP contribution in [0.3, 0.4) is 0 Å². The Kier molecular flexibility index (Phi) is 2.76. The quantitative estimate of drug-likeness (QED) is 0.769. The van der Waals surface area contributed by atoms with Crippen molar-refractivity contribution in [2.45, 2.75) is 6.54 Å². The van der Waals surface area contributed by atoms with Crippen LogP contribution in [0.1, 0.15) is 5.76 Å². The largest absolute Gasteiger partial charge is 0.457 e. The van der Waals surface area contributed by atoms with Crippen LogP contribution in [0.15, 0.2) is 40.9 Å². The molecular weight excluding hydrogens is 250 g/mol. The summed E-state index contributed by atoms with van der Waals surface area (Å²) < 4.78 is 33.1. The van der Waals surface area contributed by atoms with Crippen molar-refractivity contribution in [3.63, 3.8) is 0 Å². The lowest BCUT2D eigenvalue weighted by Crippen LogP contribution is -1.92. The van der Waals surface area contributed by atoms with Crippen molar-refractivity contribution >= 4 is 11.0 Å². The second-order valence-corrected chi connectivity index (χ2v) is 4.10. The average molecular weight is 260 g/mol. The van der Waals surface area contributed by atoms with Gasteiger partial charge >= 0.3 is 0 Å². The van der Waals surface area contributed by atoms with Crippen LogP contribution in [-0.4, -0.2) is 4.98 Å². The van der Waals surface area contributed by atoms with Crippen molar-refractivity contribution in [1.82, 2.24) is 4.98 Å². The Morgan fingerprint density at radius 3 is 2.68 bits per heavy atom. The number of fused-ring (bicyclic) bond motifs is 1. The average Bonchev–Trinajstić information content (AvgIpc) is 2.87. The number of furan rings is 1. The van der Waals surface area contributed by atoms with E-state index < -0.39 is 11.6 Å². The summed E-state index contributed by atoms with van der Waals surface area (Å²) in [4.78, 5) is 4.02. The van der Waals surface area contributed by atoms with Gasteiger partial charge in [0.1, 0.15) is 5.76 Å². The van der Waals surface area contributed by atoms with Crippen LogP contribution >= 0.6 is 0 Å². The molecule has 0 amide bonds. The standard InChI is InChI=1S/C14H10F2N2O/c15-12-10(11-3-1-2-4-18-11)6-8-5-9(7-17)19-14(8)13(12)16/h1-6H,7,17H2. The fourth-order valence-electron chi connectivity index (χ4n) is 1.98. The highest BCUT2D eigenvalue weighted by Crippen LogP contribution is 2.31. The Morgan fingerprint density at radius 1 is 1.16 bits per heavy atom. The van der Waals surface area contributed by atoms with Gasteiger partial charge in [0.15, 0.2) is 11.4 Å². The van der Waals surface area contributed by atoms with Crippen LogP contribution in [0, 0.1) is 11.6 Å². The summed E-state index contributed by atoms with van der Waals surface area (Å²) in [6.07, 6.45) is 1.53. The van der Waals surface area contributed by atoms with Gasteiger partial charge in [-0.05, 0) is 24.3 Å². The Bertz CT molecular complexity index is 738. The van der Waals surface area contributed by atoms with E-state index in [1.54, 1.807) is 24.3 Å². The first-order chi connectivity index (χ1) is 9.20. The van der Waals surface area contributed by atoms with Gasteiger partial charge in [-0.3, -0.25) is 4.98 Å². The maximum absolute atomic E-state index is 14.0. The van der Waals surface area contributed by atoms with Gasteiger partial charge in [-0.2, -0.15) is 4.39 Å². The number of nitrogens with two attached hydrogens (primary N) is 1. The van der Waals surface area contributed by atoms with E-state index in [1.807, 2.05) is 0 Å². The number of benzene rings is 1. The SMILES string of the molecule is NCc1cc2cc(-c3ccccn3)c(F)c(F)c2o1. The third kappa shape index (κ3) is 1.88. The van der Waals surface area contributed by atoms with E-state index in [4.69, 9.17) is 10.2 Å². The number of aromatic nitrogens is 1. The molecular formula is C14H10F2N2O. The molecule has 0 atom stereocenters. The van der Waals surface area contributed by atoms with Crippen molar-refractivity contribution in [2.75, 3.05) is 0 Å². The van der Waals surface area contributed by atoms with Gasteiger partial charge in [-0.25, -0.2) is 4.39 Å². The molecule has 0 fully saturated rings. The molecule has 3 nitrogen and oxygen atoms in total. The van der Waals surface area contributed by atoms with E-state index in [0.717, 1.165) is 0 Å². The molecule has 2 heterocycles. The van der Waals surface area contributed by atoms with Crippen molar-refractivity contribution in [3.8, 4) is 11.3 Å². The van der Waals surface area contributed by atoms with Crippen LogP contribution in [0.25, 0.3) is 22.2 Å². The van der Waals surface area contributed by atoms with E-state index in [2.05, 4.69) is 4.98 Å². The minimum atomic E-state index is -1.02. The lowest BCUT2D eigenvalue weighted by atomic mass is 10.1. The number of halogens is 2. The first-order valence-electron chi connectivity index (χ1n) is 5.72. The molecule has 0 aliphatic heterocycles. The molecule has 2 N–H and O–H groups in total. The molecule has 0 radical (unpaired) electrons. The first-order valence-corrected chi connectivity index (χ1v) is 5.72. The predicted octanol–water partition coefficient (Wildman–Crippen LogP) is 3.23. The molecule has 0 saturated heterocycles. The highest BCUT2D eigenvalue weighted by molar-refractivity contribution is 5.84. The highest BCUT2D eigenvalue weighted by atomic mass is 19.2. The van der Waals surface area contributed by atoms with Crippen LogP contribution in [-0.2, 0) is 6.54 Å². The molecule has 19 heavy (non-hydrogen) atoms. The lowest BCUT2D eigenvalue weighted by Gasteiger charge is -2.03. The molecule has 3 rings (SSSR count). The van der Waals surface area contributed by atoms with Gasteiger partial charge < -0.3 is 10.2 Å². The zero-order valence-corrected chi connectivity index (χ0v) is 9.86. The summed E-state index contributed by atoms with van der Waals surface area (Å²) in [5, 5.41) is 0.472. The number of pyridine rings is 1. The zero-order chi connectivity index (χ0) is 13.4. The highest BCUT2D eigenvalue weighted by Gasteiger charge is 2.18. The summed E-state index contributed by atoms with van der Waals surface area (Å²) in [6.45, 7) is 0.134. The van der Waals surface area contributed by atoms with E-state index in [1.165, 1.54) is 12.3 Å². The summed E-state index contributed by atoms with van der Waals surface area (Å²) in [6, 6.07) is 8.15. The van der Waals surface area contributed by atoms with Crippen LogP contribution in [0.5, 0.6) is 0 Å². The van der Waals surface area contributed by atoms with Gasteiger partial charge in [-0.1, -0.05) is 6.07 Å². The van der Waals surface area contributed by atoms with Gasteiger partial charge in [0.05, 0.1) is 12.2 Å². The van der Waals surface area contributed by atoms with Crippen molar-refractivity contribution in [2.24, 2.45) is 5.73 Å². The fourth-order valence-corrected chi connectivity index (χ4v) is 1.98. The van der Waals surface area contributed by atoms with E-state index in [-0.39, 0.29) is 17.7 Å². The molecule has 0 aliphatic carbocycles. The molecule has 96 valence electrons. The van der Waals surface area contributed by atoms with E-state index >= 15 is 0 Å². The molecule has 5 heteroatoms. The third-order valence-corrected chi connectivity index (χ3v) is 2.88. The van der Waals surface area contributed by atoms with Crippen molar-refractivity contribution < 1.29 is 13.2 Å². The summed E-state index contributed by atoms with van der Waals surface area (Å²) in [7, 11) is 0. The Balaban J connectivity index is 2.29. The van der Waals surface area contributed by atoms with Crippen molar-refractivity contribution in [3.05, 3.63) is 53.9 Å². The number of rotatable bonds is 2. The van der Waals surface area contributed by atoms with E-state index in [0.29, 0.717) is 16.8 Å². The summed E-state index contributed by atoms with van der Waals surface area (Å²) in [5.41, 5.74) is 5.79. The smallest absolute Gasteiger partial charge is 0.202 e. The summed E-state index contributed by atoms with van der Waals surface area (Å²) >= 11 is 0. The molecule has 0 bridgehead atoms. The first kappa shape index (κ1) is 11.8. The predicted molar refractivity (Wildman–Crippen MR) is 67.3 cm³/mol. The van der Waals surface area contributed by atoms with Crippen LogP contribution < -0.4 is 5.73 Å². The van der Waals surface area contributed by atoms with E-state index in [9.17, 15) is 8.78 Å². The molecule has 0 unspecified atom stereocenters. The normalized spacial score (nSPS) is 11.1. The van der Waals surface area contributed by atoms with Crippen LogP contribution in [0.4, 0.5) is 8.78 Å². The fraction of sp³-hybridized carbons (Fsp3) is 0.0714. The Hall–Kier alpha value is -2.27. The molecule has 2 aromatic heterocycles. The van der Waals surface area contributed by atoms with Gasteiger partial charge in [0.25, 0.3) is 0 Å². The summed E-state index contributed by atoms with van der Waals surface area (Å²) in [5.74, 6) is -1.58. The molecule has 3 aromatic rings. The molecule has 0 aliphatic rings. The van der Waals surface area contributed by atoms with Gasteiger partial charge in [-0.15, -0.1) is 0 Å². The second-order valence-electron chi connectivity index (χ2n) is 4.10.